The Morgan fingerprint density at radius 1 is 1.71 bits per heavy atom. The average molecular weight is 211 g/mol. The molecule has 1 saturated heterocycles. The van der Waals surface area contributed by atoms with Gasteiger partial charge in [0.2, 0.25) is 0 Å². The molecule has 14 heavy (non-hydrogen) atoms. The number of thiazole rings is 1. The van der Waals surface area contributed by atoms with Gasteiger partial charge in [0, 0.05) is 30.2 Å². The fourth-order valence-corrected chi connectivity index (χ4v) is 2.59. The lowest BCUT2D eigenvalue weighted by Gasteiger charge is -2.25. The van der Waals surface area contributed by atoms with E-state index in [1.807, 2.05) is 11.7 Å². The number of nitrogens with one attached hydrogen (secondary N) is 1. The second kappa shape index (κ2) is 4.87. The molecular weight excluding hydrogens is 194 g/mol. The van der Waals surface area contributed by atoms with E-state index in [9.17, 15) is 0 Å². The van der Waals surface area contributed by atoms with Gasteiger partial charge in [-0.3, -0.25) is 9.88 Å². The van der Waals surface area contributed by atoms with Crippen molar-refractivity contribution < 1.29 is 0 Å². The number of hydrogen-bond donors (Lipinski definition) is 1. The molecule has 0 radical (unpaired) electrons. The summed E-state index contributed by atoms with van der Waals surface area (Å²) in [6.07, 6.45) is 3.27. The summed E-state index contributed by atoms with van der Waals surface area (Å²) in [5, 5.41) is 3.41. The van der Waals surface area contributed by atoms with Crippen molar-refractivity contribution in [2.24, 2.45) is 0 Å². The molecule has 0 bridgehead atoms. The minimum Gasteiger partial charge on any atom is -0.315 e. The zero-order valence-corrected chi connectivity index (χ0v) is 9.39. The second-order valence-corrected chi connectivity index (χ2v) is 4.65. The Labute approximate surface area is 89.1 Å². The zero-order chi connectivity index (χ0) is 9.80. The summed E-state index contributed by atoms with van der Waals surface area (Å²) in [5.74, 6) is 0. The van der Waals surface area contributed by atoms with Crippen molar-refractivity contribution in [1.82, 2.24) is 15.2 Å². The first-order valence-corrected chi connectivity index (χ1v) is 6.10. The molecule has 2 rings (SSSR count). The van der Waals surface area contributed by atoms with E-state index in [2.05, 4.69) is 22.1 Å². The van der Waals surface area contributed by atoms with Crippen LogP contribution in [0.2, 0.25) is 0 Å². The maximum absolute atomic E-state index is 4.11. The molecule has 1 aromatic rings. The third-order valence-corrected chi connectivity index (χ3v) is 3.56. The minimum absolute atomic E-state index is 0.724. The highest BCUT2D eigenvalue weighted by Crippen LogP contribution is 2.15. The fraction of sp³-hybridized carbons (Fsp3) is 0.700. The van der Waals surface area contributed by atoms with Crippen LogP contribution in [0.15, 0.2) is 11.7 Å². The van der Waals surface area contributed by atoms with E-state index in [0.29, 0.717) is 0 Å². The Kier molecular flexibility index (Phi) is 3.50. The molecule has 0 aliphatic carbocycles. The highest BCUT2D eigenvalue weighted by molar-refractivity contribution is 7.09. The number of hydrogen-bond acceptors (Lipinski definition) is 4. The molecule has 1 unspecified atom stereocenters. The van der Waals surface area contributed by atoms with Gasteiger partial charge in [0.25, 0.3) is 0 Å². The third kappa shape index (κ3) is 2.32. The van der Waals surface area contributed by atoms with Crippen LogP contribution in [0.5, 0.6) is 0 Å². The number of likely N-dealkylation sites (N-methyl/N-ethyl adjacent to an activating group) is 1. The molecule has 4 heteroatoms. The van der Waals surface area contributed by atoms with Gasteiger partial charge in [-0.2, -0.15) is 0 Å². The molecule has 1 aliphatic heterocycles. The van der Waals surface area contributed by atoms with Gasteiger partial charge in [0.15, 0.2) is 0 Å². The van der Waals surface area contributed by atoms with Crippen molar-refractivity contribution >= 4 is 11.3 Å². The second-order valence-electron chi connectivity index (χ2n) is 3.68. The molecule has 1 aromatic heterocycles. The SMILES string of the molecule is CCN(Cc1cncs1)C1CCNC1. The Morgan fingerprint density at radius 2 is 2.64 bits per heavy atom. The van der Waals surface area contributed by atoms with Gasteiger partial charge in [-0.05, 0) is 19.5 Å². The lowest BCUT2D eigenvalue weighted by atomic mass is 10.2. The number of aromatic nitrogens is 1. The first-order chi connectivity index (χ1) is 6.90. The molecule has 0 aromatic carbocycles. The first kappa shape index (κ1) is 10.1. The van der Waals surface area contributed by atoms with Gasteiger partial charge in [0.1, 0.15) is 0 Å². The van der Waals surface area contributed by atoms with Crippen molar-refractivity contribution in [3.8, 4) is 0 Å². The Balaban J connectivity index is 1.92. The first-order valence-electron chi connectivity index (χ1n) is 5.22. The van der Waals surface area contributed by atoms with E-state index in [4.69, 9.17) is 0 Å². The van der Waals surface area contributed by atoms with Crippen molar-refractivity contribution in [1.29, 1.82) is 0 Å². The molecule has 1 fully saturated rings. The van der Waals surface area contributed by atoms with E-state index in [1.54, 1.807) is 11.3 Å². The van der Waals surface area contributed by atoms with E-state index in [-0.39, 0.29) is 0 Å². The normalized spacial score (nSPS) is 22.0. The lowest BCUT2D eigenvalue weighted by Crippen LogP contribution is -2.35. The van der Waals surface area contributed by atoms with E-state index in [1.165, 1.54) is 17.8 Å². The van der Waals surface area contributed by atoms with Gasteiger partial charge >= 0.3 is 0 Å². The predicted octanol–water partition coefficient (Wildman–Crippen LogP) is 1.33. The van der Waals surface area contributed by atoms with Crippen LogP contribution in [-0.4, -0.2) is 35.6 Å². The molecule has 2 heterocycles. The smallest absolute Gasteiger partial charge is 0.0794 e. The summed E-state index contributed by atoms with van der Waals surface area (Å²) in [4.78, 5) is 8.02. The molecule has 1 N–H and O–H groups in total. The molecule has 1 aliphatic rings. The maximum atomic E-state index is 4.11. The van der Waals surface area contributed by atoms with Crippen LogP contribution in [0.4, 0.5) is 0 Å². The summed E-state index contributed by atoms with van der Waals surface area (Å²) in [6, 6.07) is 0.724. The van der Waals surface area contributed by atoms with Crippen LogP contribution in [-0.2, 0) is 6.54 Å². The van der Waals surface area contributed by atoms with Gasteiger partial charge in [-0.15, -0.1) is 11.3 Å². The fourth-order valence-electron chi connectivity index (χ4n) is 1.97. The van der Waals surface area contributed by atoms with Crippen LogP contribution >= 0.6 is 11.3 Å². The molecule has 1 atom stereocenters. The highest BCUT2D eigenvalue weighted by atomic mass is 32.1. The van der Waals surface area contributed by atoms with E-state index < -0.39 is 0 Å². The van der Waals surface area contributed by atoms with Gasteiger partial charge in [0.05, 0.1) is 5.51 Å². The van der Waals surface area contributed by atoms with Crippen molar-refractivity contribution in [2.45, 2.75) is 25.9 Å². The quantitative estimate of drug-likeness (QED) is 0.814. The highest BCUT2D eigenvalue weighted by Gasteiger charge is 2.21. The molecule has 3 nitrogen and oxygen atoms in total. The minimum atomic E-state index is 0.724. The van der Waals surface area contributed by atoms with Crippen molar-refractivity contribution in [3.05, 3.63) is 16.6 Å². The predicted molar refractivity (Wildman–Crippen MR) is 59.5 cm³/mol. The summed E-state index contributed by atoms with van der Waals surface area (Å²) in [7, 11) is 0. The zero-order valence-electron chi connectivity index (χ0n) is 8.57. The lowest BCUT2D eigenvalue weighted by molar-refractivity contribution is 0.212. The summed E-state index contributed by atoms with van der Waals surface area (Å²) in [5.41, 5.74) is 1.91. The van der Waals surface area contributed by atoms with Crippen LogP contribution < -0.4 is 5.32 Å². The van der Waals surface area contributed by atoms with Crippen LogP contribution in [0.3, 0.4) is 0 Å². The van der Waals surface area contributed by atoms with Gasteiger partial charge < -0.3 is 5.32 Å². The summed E-state index contributed by atoms with van der Waals surface area (Å²) >= 11 is 1.75. The topological polar surface area (TPSA) is 28.2 Å². The van der Waals surface area contributed by atoms with Crippen LogP contribution in [0, 0.1) is 0 Å². The molecule has 0 saturated carbocycles. The van der Waals surface area contributed by atoms with E-state index >= 15 is 0 Å². The van der Waals surface area contributed by atoms with Crippen molar-refractivity contribution in [2.75, 3.05) is 19.6 Å². The average Bonchev–Trinajstić information content (AvgIpc) is 2.86. The molecular formula is C10H17N3S. The Morgan fingerprint density at radius 3 is 3.21 bits per heavy atom. The standard InChI is InChI=1S/C10H17N3S/c1-2-13(9-3-4-11-5-9)7-10-6-12-8-14-10/h6,8-9,11H,2-5,7H2,1H3. The van der Waals surface area contributed by atoms with Crippen molar-refractivity contribution in [3.63, 3.8) is 0 Å². The van der Waals surface area contributed by atoms with E-state index in [0.717, 1.165) is 25.7 Å². The molecule has 78 valence electrons. The summed E-state index contributed by atoms with van der Waals surface area (Å²) < 4.78 is 0. The third-order valence-electron chi connectivity index (χ3n) is 2.80. The monoisotopic (exact) mass is 211 g/mol. The molecule has 0 spiro atoms. The van der Waals surface area contributed by atoms with Crippen LogP contribution in [0.25, 0.3) is 0 Å². The number of rotatable bonds is 4. The molecule has 0 amide bonds. The van der Waals surface area contributed by atoms with Gasteiger partial charge in [-0.25, -0.2) is 0 Å². The Bertz CT molecular complexity index is 254. The van der Waals surface area contributed by atoms with Crippen LogP contribution in [0.1, 0.15) is 18.2 Å². The number of nitrogens with zero attached hydrogens (tertiary/aromatic N) is 2. The maximum Gasteiger partial charge on any atom is 0.0794 e. The summed E-state index contributed by atoms with van der Waals surface area (Å²) in [6.45, 7) is 6.74. The van der Waals surface area contributed by atoms with Gasteiger partial charge in [-0.1, -0.05) is 6.92 Å². The largest absolute Gasteiger partial charge is 0.315 e. The Hall–Kier alpha value is -0.450.